The van der Waals surface area contributed by atoms with Gasteiger partial charge < -0.3 is 4.74 Å². The number of esters is 1. The molecule has 0 aliphatic heterocycles. The van der Waals surface area contributed by atoms with Crippen molar-refractivity contribution in [2.45, 2.75) is 13.3 Å². The van der Waals surface area contributed by atoms with Crippen LogP contribution in [0.1, 0.15) is 23.7 Å². The van der Waals surface area contributed by atoms with E-state index >= 15 is 0 Å². The van der Waals surface area contributed by atoms with Crippen LogP contribution in [0.3, 0.4) is 0 Å². The predicted molar refractivity (Wildman–Crippen MR) is 92.8 cm³/mol. The van der Waals surface area contributed by atoms with Crippen LogP contribution >= 0.6 is 11.6 Å². The Morgan fingerprint density at radius 3 is 2.52 bits per heavy atom. The summed E-state index contributed by atoms with van der Waals surface area (Å²) in [4.78, 5) is 16.9. The third-order valence-electron chi connectivity index (χ3n) is 3.55. The molecule has 23 heavy (non-hydrogen) atoms. The highest BCUT2D eigenvalue weighted by atomic mass is 35.5. The molecule has 3 nitrogen and oxygen atoms in total. The fourth-order valence-electron chi connectivity index (χ4n) is 2.54. The number of para-hydroxylation sites is 1. The lowest BCUT2D eigenvalue weighted by atomic mass is 9.96. The Hall–Kier alpha value is -2.39. The van der Waals surface area contributed by atoms with Crippen molar-refractivity contribution in [2.24, 2.45) is 0 Å². The summed E-state index contributed by atoms with van der Waals surface area (Å²) < 4.78 is 5.31. The zero-order valence-corrected chi connectivity index (χ0v) is 13.5. The maximum absolute atomic E-state index is 12.5. The number of hydrogen-bond acceptors (Lipinski definition) is 3. The summed E-state index contributed by atoms with van der Waals surface area (Å²) in [5.41, 5.74) is 2.76. The summed E-state index contributed by atoms with van der Waals surface area (Å²) in [6.07, 6.45) is 0.755. The highest BCUT2D eigenvalue weighted by Gasteiger charge is 2.22. The molecule has 1 heterocycles. The van der Waals surface area contributed by atoms with Gasteiger partial charge in [-0.25, -0.2) is 9.78 Å². The summed E-state index contributed by atoms with van der Waals surface area (Å²) >= 11 is 6.32. The van der Waals surface area contributed by atoms with Gasteiger partial charge in [-0.15, -0.1) is 0 Å². The average molecular weight is 326 g/mol. The minimum Gasteiger partial charge on any atom is -0.462 e. The van der Waals surface area contributed by atoms with Gasteiger partial charge in [0.15, 0.2) is 0 Å². The molecule has 0 aliphatic carbocycles. The van der Waals surface area contributed by atoms with Crippen molar-refractivity contribution in [1.82, 2.24) is 4.98 Å². The van der Waals surface area contributed by atoms with Gasteiger partial charge in [0.05, 0.1) is 12.1 Å². The number of fused-ring (bicyclic) bond motifs is 1. The third-order valence-corrected chi connectivity index (χ3v) is 3.83. The molecule has 116 valence electrons. The minimum absolute atomic E-state index is 0.170. The summed E-state index contributed by atoms with van der Waals surface area (Å²) in [7, 11) is 0. The molecule has 0 radical (unpaired) electrons. The molecule has 4 heteroatoms. The van der Waals surface area contributed by atoms with Crippen molar-refractivity contribution in [3.8, 4) is 11.1 Å². The van der Waals surface area contributed by atoms with Crippen LogP contribution in [0.2, 0.25) is 5.15 Å². The highest BCUT2D eigenvalue weighted by Crippen LogP contribution is 2.35. The Morgan fingerprint density at radius 1 is 1.09 bits per heavy atom. The average Bonchev–Trinajstić information content (AvgIpc) is 2.59. The largest absolute Gasteiger partial charge is 0.462 e. The van der Waals surface area contributed by atoms with Crippen molar-refractivity contribution in [2.75, 3.05) is 6.61 Å². The van der Waals surface area contributed by atoms with Gasteiger partial charge >= 0.3 is 5.97 Å². The fraction of sp³-hybridized carbons (Fsp3) is 0.158. The molecule has 1 aromatic heterocycles. The van der Waals surface area contributed by atoms with Gasteiger partial charge in [-0.1, -0.05) is 67.1 Å². The summed E-state index contributed by atoms with van der Waals surface area (Å²) in [5, 5.41) is 1.05. The first-order chi connectivity index (χ1) is 11.2. The summed E-state index contributed by atoms with van der Waals surface area (Å²) in [5.74, 6) is -0.436. The standard InChI is InChI=1S/C19H16ClNO2/c1-2-12-23-19(22)17-16(13-8-4-3-5-9-13)14-10-6-7-11-15(14)21-18(17)20/h3-11H,2,12H2,1H3. The predicted octanol–water partition coefficient (Wildman–Crippen LogP) is 5.12. The van der Waals surface area contributed by atoms with Gasteiger partial charge in [-0.05, 0) is 18.1 Å². The van der Waals surface area contributed by atoms with E-state index in [2.05, 4.69) is 4.98 Å². The molecular formula is C19H16ClNO2. The van der Waals surface area contributed by atoms with Crippen LogP contribution < -0.4 is 0 Å². The number of nitrogens with zero attached hydrogens (tertiary/aromatic N) is 1. The number of carbonyl (C=O) groups excluding carboxylic acids is 1. The van der Waals surface area contributed by atoms with Gasteiger partial charge in [0.1, 0.15) is 10.7 Å². The van der Waals surface area contributed by atoms with Crippen molar-refractivity contribution in [3.63, 3.8) is 0 Å². The van der Waals surface area contributed by atoms with Crippen molar-refractivity contribution in [3.05, 3.63) is 65.3 Å². The van der Waals surface area contributed by atoms with Crippen LogP contribution in [-0.4, -0.2) is 17.6 Å². The van der Waals surface area contributed by atoms with E-state index in [0.29, 0.717) is 12.2 Å². The molecule has 0 atom stereocenters. The summed E-state index contributed by atoms with van der Waals surface area (Å²) in [6.45, 7) is 2.31. The Labute approximate surface area is 139 Å². The highest BCUT2D eigenvalue weighted by molar-refractivity contribution is 6.34. The lowest BCUT2D eigenvalue weighted by Crippen LogP contribution is -2.10. The topological polar surface area (TPSA) is 39.2 Å². The molecule has 3 rings (SSSR count). The Bertz CT molecular complexity index is 847. The van der Waals surface area contributed by atoms with Gasteiger partial charge in [-0.2, -0.15) is 0 Å². The molecule has 0 fully saturated rings. The molecule has 0 unspecified atom stereocenters. The molecule has 0 saturated heterocycles. The molecule has 0 spiro atoms. The Kier molecular flexibility index (Phi) is 4.58. The summed E-state index contributed by atoms with van der Waals surface area (Å²) in [6, 6.07) is 17.3. The van der Waals surface area contributed by atoms with E-state index in [4.69, 9.17) is 16.3 Å². The SMILES string of the molecule is CCCOC(=O)c1c(Cl)nc2ccccc2c1-c1ccccc1. The monoisotopic (exact) mass is 325 g/mol. The number of pyridine rings is 1. The Balaban J connectivity index is 2.29. The van der Waals surface area contributed by atoms with Gasteiger partial charge in [-0.3, -0.25) is 0 Å². The van der Waals surface area contributed by atoms with Gasteiger partial charge in [0, 0.05) is 10.9 Å². The van der Waals surface area contributed by atoms with E-state index in [9.17, 15) is 4.79 Å². The maximum atomic E-state index is 12.5. The molecule has 0 N–H and O–H groups in total. The second-order valence-corrected chi connectivity index (χ2v) is 5.53. The van der Waals surface area contributed by atoms with E-state index in [1.807, 2.05) is 61.5 Å². The minimum atomic E-state index is -0.436. The second-order valence-electron chi connectivity index (χ2n) is 5.17. The van der Waals surface area contributed by atoms with E-state index in [1.54, 1.807) is 0 Å². The molecular weight excluding hydrogens is 310 g/mol. The molecule has 0 bridgehead atoms. The first-order valence-electron chi connectivity index (χ1n) is 7.53. The van der Waals surface area contributed by atoms with Crippen LogP contribution in [0.25, 0.3) is 22.0 Å². The number of ether oxygens (including phenoxy) is 1. The third kappa shape index (κ3) is 3.06. The number of hydrogen-bond donors (Lipinski definition) is 0. The number of carbonyl (C=O) groups is 1. The van der Waals surface area contributed by atoms with Crippen LogP contribution in [-0.2, 0) is 4.74 Å². The molecule has 0 saturated carbocycles. The second kappa shape index (κ2) is 6.80. The van der Waals surface area contributed by atoms with Crippen molar-refractivity contribution >= 4 is 28.5 Å². The van der Waals surface area contributed by atoms with E-state index in [-0.39, 0.29) is 5.15 Å². The van der Waals surface area contributed by atoms with Crippen LogP contribution in [0, 0.1) is 0 Å². The van der Waals surface area contributed by atoms with Crippen LogP contribution in [0.5, 0.6) is 0 Å². The van der Waals surface area contributed by atoms with Crippen molar-refractivity contribution in [1.29, 1.82) is 0 Å². The van der Waals surface area contributed by atoms with Gasteiger partial charge in [0.2, 0.25) is 0 Å². The van der Waals surface area contributed by atoms with Crippen molar-refractivity contribution < 1.29 is 9.53 Å². The molecule has 3 aromatic rings. The zero-order chi connectivity index (χ0) is 16.2. The smallest absolute Gasteiger partial charge is 0.341 e. The molecule has 2 aromatic carbocycles. The van der Waals surface area contributed by atoms with E-state index in [1.165, 1.54) is 0 Å². The van der Waals surface area contributed by atoms with Crippen LogP contribution in [0.15, 0.2) is 54.6 Å². The number of benzene rings is 2. The number of rotatable bonds is 4. The lowest BCUT2D eigenvalue weighted by Gasteiger charge is -2.14. The fourth-order valence-corrected chi connectivity index (χ4v) is 2.80. The number of halogens is 1. The first kappa shape index (κ1) is 15.5. The van der Waals surface area contributed by atoms with Crippen LogP contribution in [0.4, 0.5) is 0 Å². The quantitative estimate of drug-likeness (QED) is 0.493. The van der Waals surface area contributed by atoms with E-state index in [0.717, 1.165) is 28.5 Å². The normalized spacial score (nSPS) is 10.7. The maximum Gasteiger partial charge on any atom is 0.341 e. The lowest BCUT2D eigenvalue weighted by molar-refractivity contribution is 0.0506. The molecule has 0 amide bonds. The number of aromatic nitrogens is 1. The van der Waals surface area contributed by atoms with Gasteiger partial charge in [0.25, 0.3) is 0 Å². The first-order valence-corrected chi connectivity index (χ1v) is 7.91. The zero-order valence-electron chi connectivity index (χ0n) is 12.8. The Morgan fingerprint density at radius 2 is 1.78 bits per heavy atom. The molecule has 0 aliphatic rings. The van der Waals surface area contributed by atoms with E-state index < -0.39 is 5.97 Å².